The first-order valence-electron chi connectivity index (χ1n) is 5.26. The number of nitrogens with two attached hydrogens (primary N) is 1. The van der Waals surface area contributed by atoms with E-state index in [0.717, 1.165) is 6.42 Å². The highest BCUT2D eigenvalue weighted by molar-refractivity contribution is 7.89. The Labute approximate surface area is 94.9 Å². The second-order valence-corrected chi connectivity index (χ2v) is 5.99. The number of hydrogen-bond acceptors (Lipinski definition) is 4. The summed E-state index contributed by atoms with van der Waals surface area (Å²) in [4.78, 5) is 6.66. The molecule has 16 heavy (non-hydrogen) atoms. The van der Waals surface area contributed by atoms with Crippen LogP contribution in [0.5, 0.6) is 0 Å². The van der Waals surface area contributed by atoms with Gasteiger partial charge in [-0.3, -0.25) is 0 Å². The van der Waals surface area contributed by atoms with Gasteiger partial charge in [-0.1, -0.05) is 0 Å². The first-order valence-corrected chi connectivity index (χ1v) is 6.70. The van der Waals surface area contributed by atoms with Crippen LogP contribution < -0.4 is 5.73 Å². The fourth-order valence-electron chi connectivity index (χ4n) is 1.88. The zero-order valence-corrected chi connectivity index (χ0v) is 10.00. The van der Waals surface area contributed by atoms with Crippen LogP contribution in [0.15, 0.2) is 11.2 Å². The van der Waals surface area contributed by atoms with E-state index in [4.69, 9.17) is 5.73 Å². The maximum absolute atomic E-state index is 12.1. The van der Waals surface area contributed by atoms with Gasteiger partial charge in [0, 0.05) is 13.1 Å². The van der Waals surface area contributed by atoms with Crippen LogP contribution in [0, 0.1) is 12.8 Å². The molecule has 0 saturated carbocycles. The van der Waals surface area contributed by atoms with Gasteiger partial charge in [-0.2, -0.15) is 4.31 Å². The molecular formula is C9H16N4O2S. The van der Waals surface area contributed by atoms with E-state index in [9.17, 15) is 8.42 Å². The Morgan fingerprint density at radius 3 is 2.94 bits per heavy atom. The summed E-state index contributed by atoms with van der Waals surface area (Å²) < 4.78 is 25.7. The van der Waals surface area contributed by atoms with E-state index in [-0.39, 0.29) is 10.9 Å². The van der Waals surface area contributed by atoms with Crippen LogP contribution in [-0.2, 0) is 10.0 Å². The van der Waals surface area contributed by atoms with Crippen LogP contribution in [0.3, 0.4) is 0 Å². The molecule has 1 fully saturated rings. The topological polar surface area (TPSA) is 92.1 Å². The standard InChI is InChI=1S/C9H16N4O2S/c1-7-11-5-9(12-7)16(14,15)13-3-2-8(4-10)6-13/h5,8H,2-4,6,10H2,1H3,(H,11,12). The van der Waals surface area contributed by atoms with Gasteiger partial charge in [-0.15, -0.1) is 0 Å². The first-order chi connectivity index (χ1) is 7.54. The third-order valence-corrected chi connectivity index (χ3v) is 4.65. The summed E-state index contributed by atoms with van der Waals surface area (Å²) in [7, 11) is -3.40. The number of aryl methyl sites for hydroxylation is 1. The lowest BCUT2D eigenvalue weighted by Gasteiger charge is -2.14. The normalized spacial score (nSPS) is 22.8. The van der Waals surface area contributed by atoms with Gasteiger partial charge < -0.3 is 10.7 Å². The Bertz CT molecular complexity index is 468. The summed E-state index contributed by atoms with van der Waals surface area (Å²) in [6.45, 7) is 3.32. The number of H-pyrrole nitrogens is 1. The third-order valence-electron chi connectivity index (χ3n) is 2.88. The minimum atomic E-state index is -3.40. The van der Waals surface area contributed by atoms with Crippen molar-refractivity contribution in [1.29, 1.82) is 0 Å². The van der Waals surface area contributed by atoms with Gasteiger partial charge >= 0.3 is 0 Å². The number of aromatic nitrogens is 2. The molecular weight excluding hydrogens is 228 g/mol. The zero-order chi connectivity index (χ0) is 11.8. The lowest BCUT2D eigenvalue weighted by atomic mass is 10.1. The minimum Gasteiger partial charge on any atom is -0.332 e. The largest absolute Gasteiger partial charge is 0.332 e. The molecule has 90 valence electrons. The predicted octanol–water partition coefficient (Wildman–Crippen LogP) is -0.313. The van der Waals surface area contributed by atoms with Gasteiger partial charge in [0.15, 0.2) is 5.03 Å². The van der Waals surface area contributed by atoms with E-state index in [1.807, 2.05) is 0 Å². The van der Waals surface area contributed by atoms with Crippen molar-refractivity contribution in [1.82, 2.24) is 14.3 Å². The molecule has 1 aromatic rings. The number of imidazole rings is 1. The molecule has 0 aromatic carbocycles. The van der Waals surface area contributed by atoms with E-state index < -0.39 is 10.0 Å². The Morgan fingerprint density at radius 2 is 2.44 bits per heavy atom. The van der Waals surface area contributed by atoms with E-state index in [1.165, 1.54) is 10.5 Å². The van der Waals surface area contributed by atoms with Crippen LogP contribution in [-0.4, -0.2) is 42.3 Å². The fraction of sp³-hybridized carbons (Fsp3) is 0.667. The molecule has 0 aliphatic carbocycles. The Hall–Kier alpha value is -0.920. The van der Waals surface area contributed by atoms with Crippen LogP contribution in [0.1, 0.15) is 12.2 Å². The molecule has 2 heterocycles. The minimum absolute atomic E-state index is 0.169. The van der Waals surface area contributed by atoms with Gasteiger partial charge in [0.25, 0.3) is 10.0 Å². The van der Waals surface area contributed by atoms with Gasteiger partial charge in [0.05, 0.1) is 6.20 Å². The summed E-state index contributed by atoms with van der Waals surface area (Å²) in [5.74, 6) is 0.881. The molecule has 7 heteroatoms. The van der Waals surface area contributed by atoms with Crippen molar-refractivity contribution in [2.24, 2.45) is 11.7 Å². The molecule has 1 aliphatic heterocycles. The number of hydrogen-bond donors (Lipinski definition) is 2. The average molecular weight is 244 g/mol. The summed E-state index contributed by atoms with van der Waals surface area (Å²) in [5, 5.41) is 0.169. The lowest BCUT2D eigenvalue weighted by molar-refractivity contribution is 0.457. The van der Waals surface area contributed by atoms with Crippen LogP contribution >= 0.6 is 0 Å². The quantitative estimate of drug-likeness (QED) is 0.762. The predicted molar refractivity (Wildman–Crippen MR) is 59.2 cm³/mol. The molecule has 1 unspecified atom stereocenters. The van der Waals surface area contributed by atoms with Crippen molar-refractivity contribution in [3.8, 4) is 0 Å². The molecule has 1 aromatic heterocycles. The van der Waals surface area contributed by atoms with Crippen LogP contribution in [0.4, 0.5) is 0 Å². The van der Waals surface area contributed by atoms with Crippen molar-refractivity contribution < 1.29 is 8.42 Å². The summed E-state index contributed by atoms with van der Waals surface area (Å²) in [6, 6.07) is 0. The molecule has 0 spiro atoms. The van der Waals surface area contributed by atoms with Crippen molar-refractivity contribution in [2.75, 3.05) is 19.6 Å². The maximum Gasteiger partial charge on any atom is 0.260 e. The number of rotatable bonds is 3. The van der Waals surface area contributed by atoms with Crippen molar-refractivity contribution in [3.63, 3.8) is 0 Å². The van der Waals surface area contributed by atoms with Gasteiger partial charge in [0.2, 0.25) is 0 Å². The SMILES string of the molecule is Cc1ncc(S(=O)(=O)N2CCC(CN)C2)[nH]1. The van der Waals surface area contributed by atoms with Crippen molar-refractivity contribution >= 4 is 10.0 Å². The molecule has 3 N–H and O–H groups in total. The molecule has 0 bridgehead atoms. The monoisotopic (exact) mass is 244 g/mol. The zero-order valence-electron chi connectivity index (χ0n) is 9.18. The molecule has 0 amide bonds. The van der Waals surface area contributed by atoms with E-state index in [0.29, 0.717) is 25.5 Å². The maximum atomic E-state index is 12.1. The van der Waals surface area contributed by atoms with Crippen molar-refractivity contribution in [3.05, 3.63) is 12.0 Å². The molecule has 1 saturated heterocycles. The summed E-state index contributed by atoms with van der Waals surface area (Å²) in [5.41, 5.74) is 5.54. The highest BCUT2D eigenvalue weighted by Gasteiger charge is 2.32. The van der Waals surface area contributed by atoms with Gasteiger partial charge in [0.1, 0.15) is 5.82 Å². The summed E-state index contributed by atoms with van der Waals surface area (Å²) in [6.07, 6.45) is 2.20. The first kappa shape index (κ1) is 11.6. The second-order valence-electron chi connectivity index (χ2n) is 4.09. The highest BCUT2D eigenvalue weighted by Crippen LogP contribution is 2.22. The number of nitrogens with one attached hydrogen (secondary N) is 1. The Balaban J connectivity index is 2.21. The fourth-order valence-corrected chi connectivity index (χ4v) is 3.37. The Morgan fingerprint density at radius 1 is 1.69 bits per heavy atom. The van der Waals surface area contributed by atoms with Gasteiger partial charge in [-0.05, 0) is 25.8 Å². The molecule has 0 radical (unpaired) electrons. The van der Waals surface area contributed by atoms with E-state index >= 15 is 0 Å². The van der Waals surface area contributed by atoms with Crippen molar-refractivity contribution in [2.45, 2.75) is 18.4 Å². The third kappa shape index (κ3) is 1.98. The second kappa shape index (κ2) is 4.15. The number of sulfonamides is 1. The average Bonchev–Trinajstić information content (AvgIpc) is 2.85. The molecule has 1 atom stereocenters. The van der Waals surface area contributed by atoms with Crippen LogP contribution in [0.2, 0.25) is 0 Å². The summed E-state index contributed by atoms with van der Waals surface area (Å²) >= 11 is 0. The highest BCUT2D eigenvalue weighted by atomic mass is 32.2. The van der Waals surface area contributed by atoms with Gasteiger partial charge in [-0.25, -0.2) is 13.4 Å². The van der Waals surface area contributed by atoms with E-state index in [2.05, 4.69) is 9.97 Å². The number of aromatic amines is 1. The van der Waals surface area contributed by atoms with E-state index in [1.54, 1.807) is 6.92 Å². The Kier molecular flexibility index (Phi) is 3.00. The van der Waals surface area contributed by atoms with Crippen LogP contribution in [0.25, 0.3) is 0 Å². The molecule has 2 rings (SSSR count). The molecule has 6 nitrogen and oxygen atoms in total. The number of nitrogens with zero attached hydrogens (tertiary/aromatic N) is 2. The lowest BCUT2D eigenvalue weighted by Crippen LogP contribution is -2.30. The molecule has 1 aliphatic rings. The smallest absolute Gasteiger partial charge is 0.260 e.